The lowest BCUT2D eigenvalue weighted by Crippen LogP contribution is -2.47. The number of likely N-dealkylation sites (tertiary alicyclic amines) is 1. The molecule has 8 nitrogen and oxygen atoms in total. The van der Waals surface area contributed by atoms with Gasteiger partial charge in [-0.1, -0.05) is 17.9 Å². The minimum Gasteiger partial charge on any atom is -0.379 e. The van der Waals surface area contributed by atoms with Crippen LogP contribution in [-0.2, 0) is 15.7 Å². The minimum atomic E-state index is -4.43. The van der Waals surface area contributed by atoms with E-state index in [9.17, 15) is 18.0 Å². The Morgan fingerprint density at radius 2 is 2.11 bits per heavy atom. The smallest absolute Gasteiger partial charge is 0.379 e. The van der Waals surface area contributed by atoms with Crippen molar-refractivity contribution in [3.63, 3.8) is 0 Å². The van der Waals surface area contributed by atoms with E-state index in [2.05, 4.69) is 32.4 Å². The van der Waals surface area contributed by atoms with Crippen LogP contribution in [0.4, 0.5) is 18.3 Å². The van der Waals surface area contributed by atoms with E-state index in [0.717, 1.165) is 43.4 Å². The molecule has 3 N–H and O–H groups in total. The van der Waals surface area contributed by atoms with E-state index in [1.54, 1.807) is 11.1 Å². The number of carbonyl (C=O) groups excluding carboxylic acids is 1. The fraction of sp³-hybridized carbons (Fsp3) is 0.478. The molecule has 2 fully saturated rings. The summed E-state index contributed by atoms with van der Waals surface area (Å²) < 4.78 is 44.4. The number of hydrogen-bond acceptors (Lipinski definition) is 8. The molecule has 1 aromatic rings. The SMILES string of the molecule is C=CC(=O)N1CCC[C@H](NC2=CNC(Nc3ncc(C(F)(F)F)s3)=CC(CN3CCOCC3)=C2)C1. The average Bonchev–Trinajstić information content (AvgIpc) is 3.24. The summed E-state index contributed by atoms with van der Waals surface area (Å²) in [6.07, 6.45) is 5.22. The number of allylic oxidation sites excluding steroid dienone is 1. The van der Waals surface area contributed by atoms with E-state index in [1.165, 1.54) is 6.08 Å². The lowest BCUT2D eigenvalue weighted by atomic mass is 10.0. The van der Waals surface area contributed by atoms with Crippen molar-refractivity contribution < 1.29 is 22.7 Å². The Balaban J connectivity index is 1.49. The molecule has 35 heavy (non-hydrogen) atoms. The largest absolute Gasteiger partial charge is 0.427 e. The third-order valence-electron chi connectivity index (χ3n) is 5.87. The first kappa shape index (κ1) is 25.3. The van der Waals surface area contributed by atoms with E-state index in [4.69, 9.17) is 4.74 Å². The van der Waals surface area contributed by atoms with Gasteiger partial charge in [0.05, 0.1) is 25.1 Å². The van der Waals surface area contributed by atoms with Gasteiger partial charge in [-0.15, -0.1) is 0 Å². The molecule has 190 valence electrons. The van der Waals surface area contributed by atoms with Crippen LogP contribution in [0.5, 0.6) is 0 Å². The molecule has 0 bridgehead atoms. The predicted molar refractivity (Wildman–Crippen MR) is 128 cm³/mol. The van der Waals surface area contributed by atoms with Gasteiger partial charge < -0.3 is 25.6 Å². The first-order chi connectivity index (χ1) is 16.8. The second kappa shape index (κ2) is 11.3. The highest BCUT2D eigenvalue weighted by molar-refractivity contribution is 7.15. The van der Waals surface area contributed by atoms with Crippen molar-refractivity contribution in [1.82, 2.24) is 25.4 Å². The van der Waals surface area contributed by atoms with Gasteiger partial charge in [0, 0.05) is 45.0 Å². The molecule has 0 unspecified atom stereocenters. The Morgan fingerprint density at radius 1 is 1.31 bits per heavy atom. The van der Waals surface area contributed by atoms with Gasteiger partial charge in [-0.3, -0.25) is 9.69 Å². The number of halogens is 3. The van der Waals surface area contributed by atoms with Gasteiger partial charge in [0.25, 0.3) is 0 Å². The van der Waals surface area contributed by atoms with Crippen LogP contribution in [0.15, 0.2) is 54.3 Å². The summed E-state index contributed by atoms with van der Waals surface area (Å²) in [5, 5.41) is 9.78. The zero-order chi connectivity index (χ0) is 24.8. The Labute approximate surface area is 206 Å². The topological polar surface area (TPSA) is 81.8 Å². The van der Waals surface area contributed by atoms with E-state index in [-0.39, 0.29) is 17.1 Å². The summed E-state index contributed by atoms with van der Waals surface area (Å²) in [6, 6.07) is 0.0735. The molecule has 12 heteroatoms. The lowest BCUT2D eigenvalue weighted by Gasteiger charge is -2.33. The first-order valence-corrected chi connectivity index (χ1v) is 12.3. The van der Waals surface area contributed by atoms with Crippen LogP contribution < -0.4 is 16.0 Å². The standard InChI is InChI=1S/C23H29F3N6O2S/c1-2-21(33)32-5-3-4-17(15-32)29-18-10-16(14-31-6-8-34-9-7-31)11-20(27-12-18)30-22-28-13-19(35-22)23(24,25)26/h2,10-13,17,27,29H,1,3-9,14-15H2,(H,28,30)/t17-/m0/s1. The van der Waals surface area contributed by atoms with Crippen molar-refractivity contribution in [1.29, 1.82) is 0 Å². The van der Waals surface area contributed by atoms with Gasteiger partial charge in [0.1, 0.15) is 10.7 Å². The maximum Gasteiger partial charge on any atom is 0.427 e. The van der Waals surface area contributed by atoms with E-state index in [0.29, 0.717) is 50.0 Å². The number of morpholine rings is 1. The molecule has 0 spiro atoms. The lowest BCUT2D eigenvalue weighted by molar-refractivity contribution is -0.134. The van der Waals surface area contributed by atoms with E-state index >= 15 is 0 Å². The number of amides is 1. The molecule has 1 amide bonds. The maximum absolute atomic E-state index is 13.0. The minimum absolute atomic E-state index is 0.0735. The third kappa shape index (κ3) is 7.09. The molecule has 4 rings (SSSR count). The van der Waals surface area contributed by atoms with Crippen LogP contribution in [0.1, 0.15) is 17.7 Å². The van der Waals surface area contributed by atoms with Gasteiger partial charge in [0.2, 0.25) is 5.91 Å². The van der Waals surface area contributed by atoms with Crippen LogP contribution in [-0.4, -0.2) is 72.7 Å². The Bertz CT molecular complexity index is 1010. The fourth-order valence-corrected chi connectivity index (χ4v) is 4.86. The molecule has 3 aliphatic heterocycles. The number of ether oxygens (including phenoxy) is 1. The van der Waals surface area contributed by atoms with Gasteiger partial charge in [-0.05, 0) is 36.6 Å². The van der Waals surface area contributed by atoms with Crippen molar-refractivity contribution in [2.45, 2.75) is 25.1 Å². The van der Waals surface area contributed by atoms with Gasteiger partial charge in [0.15, 0.2) is 5.13 Å². The Kier molecular flexibility index (Phi) is 8.14. The van der Waals surface area contributed by atoms with Crippen molar-refractivity contribution >= 4 is 22.4 Å². The molecule has 0 aromatic carbocycles. The summed E-state index contributed by atoms with van der Waals surface area (Å²) in [5.74, 6) is 0.444. The number of alkyl halides is 3. The fourth-order valence-electron chi connectivity index (χ4n) is 4.17. The van der Waals surface area contributed by atoms with E-state index < -0.39 is 11.1 Å². The highest BCUT2D eigenvalue weighted by atomic mass is 32.1. The number of aromatic nitrogens is 1. The summed E-state index contributed by atoms with van der Waals surface area (Å²) >= 11 is 0.555. The molecule has 4 heterocycles. The second-order valence-corrected chi connectivity index (χ2v) is 9.56. The molecule has 3 aliphatic rings. The normalized spacial score (nSPS) is 21.7. The number of piperidine rings is 1. The zero-order valence-corrected chi connectivity index (χ0v) is 20.1. The molecule has 1 aromatic heterocycles. The highest BCUT2D eigenvalue weighted by Crippen LogP contribution is 2.35. The number of carbonyl (C=O) groups is 1. The highest BCUT2D eigenvalue weighted by Gasteiger charge is 2.33. The maximum atomic E-state index is 13.0. The quantitative estimate of drug-likeness (QED) is 0.487. The van der Waals surface area contributed by atoms with Crippen LogP contribution in [0, 0.1) is 0 Å². The average molecular weight is 511 g/mol. The van der Waals surface area contributed by atoms with Crippen molar-refractivity contribution in [2.75, 3.05) is 51.3 Å². The number of thiazole rings is 1. The van der Waals surface area contributed by atoms with Gasteiger partial charge in [-0.2, -0.15) is 13.2 Å². The van der Waals surface area contributed by atoms with Crippen LogP contribution in [0.25, 0.3) is 0 Å². The molecule has 0 saturated carbocycles. The van der Waals surface area contributed by atoms with Gasteiger partial charge in [-0.25, -0.2) is 4.98 Å². The predicted octanol–water partition coefficient (Wildman–Crippen LogP) is 2.89. The monoisotopic (exact) mass is 510 g/mol. The Hall–Kier alpha value is -2.83. The number of hydrogen-bond donors (Lipinski definition) is 3. The van der Waals surface area contributed by atoms with Gasteiger partial charge >= 0.3 is 6.18 Å². The molecular formula is C23H29F3N6O2S. The van der Waals surface area contributed by atoms with Crippen molar-refractivity contribution in [3.05, 3.63) is 59.2 Å². The summed E-state index contributed by atoms with van der Waals surface area (Å²) in [4.78, 5) is 19.2. The van der Waals surface area contributed by atoms with Crippen molar-refractivity contribution in [2.24, 2.45) is 0 Å². The third-order valence-corrected chi connectivity index (χ3v) is 6.83. The molecule has 1 atom stereocenters. The summed E-state index contributed by atoms with van der Waals surface area (Å²) in [6.45, 7) is 8.45. The van der Waals surface area contributed by atoms with Crippen LogP contribution in [0.2, 0.25) is 0 Å². The number of anilines is 1. The van der Waals surface area contributed by atoms with Crippen molar-refractivity contribution in [3.8, 4) is 0 Å². The molecule has 0 aliphatic carbocycles. The van der Waals surface area contributed by atoms with Crippen LogP contribution in [0.3, 0.4) is 0 Å². The van der Waals surface area contributed by atoms with E-state index in [1.807, 2.05) is 12.2 Å². The second-order valence-electron chi connectivity index (χ2n) is 8.53. The molecular weight excluding hydrogens is 481 g/mol. The number of nitrogens with zero attached hydrogens (tertiary/aromatic N) is 3. The van der Waals surface area contributed by atoms with Crippen LogP contribution >= 0.6 is 11.3 Å². The summed E-state index contributed by atoms with van der Waals surface area (Å²) in [5.41, 5.74) is 1.80. The summed E-state index contributed by atoms with van der Waals surface area (Å²) in [7, 11) is 0. The molecule has 2 saturated heterocycles. The molecule has 0 radical (unpaired) electrons. The zero-order valence-electron chi connectivity index (χ0n) is 19.2. The first-order valence-electron chi connectivity index (χ1n) is 11.5. The number of nitrogens with one attached hydrogen (secondary N) is 3. The Morgan fingerprint density at radius 3 is 2.83 bits per heavy atom. The number of rotatable bonds is 7.